The van der Waals surface area contributed by atoms with Gasteiger partial charge in [-0.15, -0.1) is 5.73 Å². The normalized spacial score (nSPS) is 20.1. The zero-order valence-corrected chi connectivity index (χ0v) is 12.5. The molecule has 1 aliphatic rings. The molecule has 0 aliphatic carbocycles. The Morgan fingerprint density at radius 2 is 2.14 bits per heavy atom. The van der Waals surface area contributed by atoms with Gasteiger partial charge in [-0.05, 0) is 5.56 Å². The van der Waals surface area contributed by atoms with E-state index in [-0.39, 0.29) is 11.9 Å². The zero-order valence-electron chi connectivity index (χ0n) is 12.5. The molecule has 0 radical (unpaired) electrons. The lowest BCUT2D eigenvalue weighted by atomic mass is 10.1. The quantitative estimate of drug-likeness (QED) is 0.642. The molecular formula is C17H19NO4. The van der Waals surface area contributed by atoms with Crippen LogP contribution in [0.25, 0.3) is 0 Å². The van der Waals surface area contributed by atoms with Gasteiger partial charge in [0.25, 0.3) is 5.91 Å². The molecule has 1 aromatic carbocycles. The lowest BCUT2D eigenvalue weighted by molar-refractivity contribution is -0.151. The fraction of sp³-hybridized carbons (Fsp3) is 0.353. The first kappa shape index (κ1) is 16.0. The lowest BCUT2D eigenvalue weighted by Crippen LogP contribution is -2.30. The number of carbonyl (C=O) groups is 2. The molecule has 0 spiro atoms. The molecule has 1 saturated heterocycles. The van der Waals surface area contributed by atoms with Crippen molar-refractivity contribution in [3.8, 4) is 0 Å². The minimum Gasteiger partial charge on any atom is -0.452 e. The van der Waals surface area contributed by atoms with E-state index < -0.39 is 12.1 Å². The SMILES string of the molecule is C=C=C(COCc1ccccc1)C1CC(OC(C)=O)C(=O)N1. The van der Waals surface area contributed by atoms with E-state index in [1.165, 1.54) is 6.92 Å². The van der Waals surface area contributed by atoms with Crippen molar-refractivity contribution in [1.82, 2.24) is 5.32 Å². The summed E-state index contributed by atoms with van der Waals surface area (Å²) in [6.45, 7) is 5.71. The van der Waals surface area contributed by atoms with Crippen molar-refractivity contribution < 1.29 is 19.1 Å². The van der Waals surface area contributed by atoms with Crippen molar-refractivity contribution in [1.29, 1.82) is 0 Å². The van der Waals surface area contributed by atoms with E-state index in [1.54, 1.807) is 0 Å². The Labute approximate surface area is 129 Å². The molecule has 1 fully saturated rings. The van der Waals surface area contributed by atoms with Gasteiger partial charge in [0.15, 0.2) is 6.10 Å². The highest BCUT2D eigenvalue weighted by molar-refractivity contribution is 5.86. The zero-order chi connectivity index (χ0) is 15.9. The first-order chi connectivity index (χ1) is 10.6. The van der Waals surface area contributed by atoms with Gasteiger partial charge in [-0.3, -0.25) is 9.59 Å². The Bertz CT molecular complexity index is 590. The smallest absolute Gasteiger partial charge is 0.303 e. The second-order valence-corrected chi connectivity index (χ2v) is 5.08. The summed E-state index contributed by atoms with van der Waals surface area (Å²) < 4.78 is 10.6. The summed E-state index contributed by atoms with van der Waals surface area (Å²) in [7, 11) is 0. The summed E-state index contributed by atoms with van der Waals surface area (Å²) in [6.07, 6.45) is -0.370. The van der Waals surface area contributed by atoms with Crippen LogP contribution in [0.2, 0.25) is 0 Å². The number of nitrogens with one attached hydrogen (secondary N) is 1. The molecule has 2 atom stereocenters. The van der Waals surface area contributed by atoms with Gasteiger partial charge in [-0.1, -0.05) is 36.9 Å². The van der Waals surface area contributed by atoms with Gasteiger partial charge in [-0.2, -0.15) is 0 Å². The Balaban J connectivity index is 1.86. The van der Waals surface area contributed by atoms with Gasteiger partial charge in [0, 0.05) is 18.9 Å². The van der Waals surface area contributed by atoms with Crippen LogP contribution >= 0.6 is 0 Å². The number of rotatable bonds is 6. The molecule has 1 heterocycles. The Morgan fingerprint density at radius 3 is 2.77 bits per heavy atom. The molecule has 0 aromatic heterocycles. The van der Waals surface area contributed by atoms with E-state index in [9.17, 15) is 9.59 Å². The third-order valence-corrected chi connectivity index (χ3v) is 3.38. The monoisotopic (exact) mass is 301 g/mol. The first-order valence-electron chi connectivity index (χ1n) is 7.08. The Morgan fingerprint density at radius 1 is 1.41 bits per heavy atom. The number of hydrogen-bond acceptors (Lipinski definition) is 4. The van der Waals surface area contributed by atoms with Gasteiger partial charge in [0.05, 0.1) is 19.3 Å². The number of hydrogen-bond donors (Lipinski definition) is 1. The van der Waals surface area contributed by atoms with Crippen LogP contribution in [0.1, 0.15) is 18.9 Å². The second kappa shape index (κ2) is 7.59. The van der Waals surface area contributed by atoms with Crippen molar-refractivity contribution in [3.05, 3.63) is 53.8 Å². The van der Waals surface area contributed by atoms with Gasteiger partial charge < -0.3 is 14.8 Å². The molecule has 0 bridgehead atoms. The van der Waals surface area contributed by atoms with Gasteiger partial charge in [-0.25, -0.2) is 0 Å². The Kier molecular flexibility index (Phi) is 5.53. The summed E-state index contributed by atoms with van der Waals surface area (Å²) in [5, 5.41) is 2.77. The molecule has 1 amide bonds. The van der Waals surface area contributed by atoms with Crippen LogP contribution in [0.3, 0.4) is 0 Å². The number of esters is 1. The summed E-state index contributed by atoms with van der Waals surface area (Å²) in [6, 6.07) is 9.54. The maximum Gasteiger partial charge on any atom is 0.303 e. The molecule has 1 aromatic rings. The molecule has 116 valence electrons. The van der Waals surface area contributed by atoms with Crippen LogP contribution in [0.5, 0.6) is 0 Å². The highest BCUT2D eigenvalue weighted by atomic mass is 16.5. The van der Waals surface area contributed by atoms with Crippen LogP contribution in [-0.2, 0) is 25.7 Å². The summed E-state index contributed by atoms with van der Waals surface area (Å²) in [4.78, 5) is 22.7. The van der Waals surface area contributed by atoms with Crippen molar-refractivity contribution in [2.75, 3.05) is 6.61 Å². The van der Waals surface area contributed by atoms with Crippen LogP contribution < -0.4 is 5.32 Å². The third kappa shape index (κ3) is 4.32. The topological polar surface area (TPSA) is 64.6 Å². The number of carbonyl (C=O) groups excluding carboxylic acids is 2. The van der Waals surface area contributed by atoms with Gasteiger partial charge >= 0.3 is 5.97 Å². The minimum absolute atomic E-state index is 0.259. The van der Waals surface area contributed by atoms with Crippen LogP contribution in [0.15, 0.2) is 48.2 Å². The summed E-state index contributed by atoms with van der Waals surface area (Å²) in [5.74, 6) is -0.763. The van der Waals surface area contributed by atoms with Crippen LogP contribution in [0, 0.1) is 0 Å². The minimum atomic E-state index is -0.750. The van der Waals surface area contributed by atoms with Crippen molar-refractivity contribution in [3.63, 3.8) is 0 Å². The Hall–Kier alpha value is -2.36. The molecule has 22 heavy (non-hydrogen) atoms. The molecule has 2 rings (SSSR count). The van der Waals surface area contributed by atoms with Crippen molar-refractivity contribution >= 4 is 11.9 Å². The van der Waals surface area contributed by atoms with E-state index in [2.05, 4.69) is 17.6 Å². The van der Waals surface area contributed by atoms with Gasteiger partial charge in [0.1, 0.15) is 0 Å². The molecule has 1 aliphatic heterocycles. The summed E-state index contributed by atoms with van der Waals surface area (Å²) >= 11 is 0. The average Bonchev–Trinajstić information content (AvgIpc) is 2.85. The number of amides is 1. The molecule has 0 saturated carbocycles. The number of benzene rings is 1. The number of ether oxygens (including phenoxy) is 2. The highest BCUT2D eigenvalue weighted by Crippen LogP contribution is 2.18. The highest BCUT2D eigenvalue weighted by Gasteiger charge is 2.36. The molecule has 1 N–H and O–H groups in total. The third-order valence-electron chi connectivity index (χ3n) is 3.38. The predicted octanol–water partition coefficient (Wildman–Crippen LogP) is 1.73. The maximum absolute atomic E-state index is 11.7. The van der Waals surface area contributed by atoms with E-state index >= 15 is 0 Å². The van der Waals surface area contributed by atoms with Crippen molar-refractivity contribution in [2.45, 2.75) is 32.1 Å². The molecular weight excluding hydrogens is 282 g/mol. The van der Waals surface area contributed by atoms with Gasteiger partial charge in [0.2, 0.25) is 0 Å². The van der Waals surface area contributed by atoms with E-state index in [4.69, 9.17) is 9.47 Å². The largest absolute Gasteiger partial charge is 0.452 e. The van der Waals surface area contributed by atoms with Crippen LogP contribution in [0.4, 0.5) is 0 Å². The molecule has 2 unspecified atom stereocenters. The standard InChI is InChI=1S/C17H19NO4/c1-3-14(11-21-10-13-7-5-4-6-8-13)15-9-16(17(20)18-15)22-12(2)19/h4-8,15-16H,1,9-11H2,2H3,(H,18,20). The van der Waals surface area contributed by atoms with Crippen molar-refractivity contribution in [2.24, 2.45) is 0 Å². The van der Waals surface area contributed by atoms with E-state index in [0.717, 1.165) is 11.1 Å². The first-order valence-corrected chi connectivity index (χ1v) is 7.08. The maximum atomic E-state index is 11.7. The average molecular weight is 301 g/mol. The molecule has 5 heteroatoms. The fourth-order valence-corrected chi connectivity index (χ4v) is 2.30. The predicted molar refractivity (Wildman–Crippen MR) is 80.9 cm³/mol. The second-order valence-electron chi connectivity index (χ2n) is 5.08. The fourth-order valence-electron chi connectivity index (χ4n) is 2.30. The van der Waals surface area contributed by atoms with Crippen LogP contribution in [-0.4, -0.2) is 30.6 Å². The molecule has 5 nitrogen and oxygen atoms in total. The lowest BCUT2D eigenvalue weighted by Gasteiger charge is -2.13. The van der Waals surface area contributed by atoms with E-state index in [0.29, 0.717) is 19.6 Å². The van der Waals surface area contributed by atoms with E-state index in [1.807, 2.05) is 30.3 Å². The summed E-state index contributed by atoms with van der Waals surface area (Å²) in [5.41, 5.74) is 4.63.